The molecule has 6 heteroatoms. The molecule has 5 nitrogen and oxygen atoms in total. The van der Waals surface area contributed by atoms with Crippen molar-refractivity contribution in [2.45, 2.75) is 40.2 Å². The zero-order valence-corrected chi connectivity index (χ0v) is 20.2. The van der Waals surface area contributed by atoms with E-state index in [1.165, 1.54) is 49.3 Å². The number of pyridine rings is 2. The minimum Gasteiger partial charge on any atom is -0.299 e. The highest BCUT2D eigenvalue weighted by molar-refractivity contribution is 5.92. The van der Waals surface area contributed by atoms with Gasteiger partial charge in [0.05, 0.1) is 17.4 Å². The largest absolute Gasteiger partial charge is 0.299 e. The van der Waals surface area contributed by atoms with Crippen LogP contribution >= 0.6 is 0 Å². The van der Waals surface area contributed by atoms with E-state index < -0.39 is 0 Å². The summed E-state index contributed by atoms with van der Waals surface area (Å²) >= 11 is 0. The van der Waals surface area contributed by atoms with Gasteiger partial charge in [0.15, 0.2) is 0 Å². The lowest BCUT2D eigenvalue weighted by Crippen LogP contribution is -2.32. The molecule has 176 valence electrons. The van der Waals surface area contributed by atoms with Gasteiger partial charge in [-0.05, 0) is 92.2 Å². The van der Waals surface area contributed by atoms with E-state index in [0.717, 1.165) is 45.8 Å². The molecule has 1 aromatic carbocycles. The molecular weight excluding hydrogens is 425 g/mol. The molecule has 0 radical (unpaired) electrons. The van der Waals surface area contributed by atoms with Crippen molar-refractivity contribution in [2.75, 3.05) is 13.1 Å². The number of benzene rings is 1. The van der Waals surface area contributed by atoms with Gasteiger partial charge in [0.2, 0.25) is 0 Å². The fourth-order valence-corrected chi connectivity index (χ4v) is 4.25. The number of piperidine rings is 1. The summed E-state index contributed by atoms with van der Waals surface area (Å²) < 4.78 is 12.1. The molecule has 5 rings (SSSR count). The summed E-state index contributed by atoms with van der Waals surface area (Å²) in [4.78, 5) is 10.6. The number of likely N-dealkylation sites (tertiary alicyclic amines) is 1. The van der Waals surface area contributed by atoms with Crippen LogP contribution in [0.5, 0.6) is 0 Å². The number of allylic oxidation sites excluding steroid dienone is 1. The molecule has 1 N–H and O–H groups in total. The first-order valence-corrected chi connectivity index (χ1v) is 11.8. The quantitative estimate of drug-likeness (QED) is 0.384. The molecule has 0 unspecified atom stereocenters. The van der Waals surface area contributed by atoms with E-state index in [1.54, 1.807) is 13.1 Å². The average molecular weight is 458 g/mol. The Balaban J connectivity index is 0.000000291. The molecule has 1 aliphatic rings. The molecule has 4 heterocycles. The van der Waals surface area contributed by atoms with Gasteiger partial charge in [0.1, 0.15) is 5.82 Å². The van der Waals surface area contributed by atoms with Crippen molar-refractivity contribution < 1.29 is 4.39 Å². The van der Waals surface area contributed by atoms with Gasteiger partial charge in [0, 0.05) is 36.1 Å². The fourth-order valence-electron chi connectivity index (χ4n) is 4.25. The van der Waals surface area contributed by atoms with Crippen LogP contribution in [0.3, 0.4) is 0 Å². The normalized spacial score (nSPS) is 14.6. The van der Waals surface area contributed by atoms with Crippen molar-refractivity contribution in [3.8, 4) is 11.1 Å². The van der Waals surface area contributed by atoms with Gasteiger partial charge >= 0.3 is 0 Å². The molecular formula is C28H32FN5. The van der Waals surface area contributed by atoms with Crippen LogP contribution in [-0.2, 0) is 6.54 Å². The molecule has 0 spiro atoms. The van der Waals surface area contributed by atoms with Gasteiger partial charge in [-0.3, -0.25) is 20.0 Å². The van der Waals surface area contributed by atoms with E-state index in [1.807, 2.05) is 19.3 Å². The van der Waals surface area contributed by atoms with Crippen LogP contribution in [-0.4, -0.2) is 38.2 Å². The third-order valence-electron chi connectivity index (χ3n) is 6.22. The summed E-state index contributed by atoms with van der Waals surface area (Å²) in [6.07, 6.45) is 9.35. The monoisotopic (exact) mass is 457 g/mol. The van der Waals surface area contributed by atoms with Crippen LogP contribution < -0.4 is 0 Å². The molecule has 1 fully saturated rings. The fraction of sp³-hybridized carbons (Fsp3) is 0.321. The Morgan fingerprint density at radius 1 is 1.06 bits per heavy atom. The number of nitrogens with one attached hydrogen (secondary N) is 1. The first-order chi connectivity index (χ1) is 16.4. The number of rotatable bonds is 4. The number of aryl methyl sites for hydroxylation is 1. The summed E-state index contributed by atoms with van der Waals surface area (Å²) in [7, 11) is 0. The number of halogens is 1. The number of H-pyrrole nitrogens is 1. The minimum absolute atomic E-state index is 0.273. The van der Waals surface area contributed by atoms with E-state index in [4.69, 9.17) is 0 Å². The predicted octanol–water partition coefficient (Wildman–Crippen LogP) is 6.42. The molecule has 0 amide bonds. The van der Waals surface area contributed by atoms with E-state index in [-0.39, 0.29) is 5.82 Å². The molecule has 0 atom stereocenters. The Bertz CT molecular complexity index is 1250. The van der Waals surface area contributed by atoms with Crippen LogP contribution in [0, 0.1) is 18.7 Å². The smallest absolute Gasteiger partial charge is 0.141 e. The van der Waals surface area contributed by atoms with Crippen molar-refractivity contribution in [3.05, 3.63) is 84.3 Å². The highest BCUT2D eigenvalue weighted by atomic mass is 19.1. The van der Waals surface area contributed by atoms with Crippen LogP contribution in [0.4, 0.5) is 4.39 Å². The molecule has 0 bridgehead atoms. The summed E-state index contributed by atoms with van der Waals surface area (Å²) in [6, 6.07) is 10.1. The SMILES string of the molecule is C=C(C)c1n[nH]c2ccc(-c3cncc(CN4CCC(C)CC4)c3)cc12.Cc1cncc(F)c1. The lowest BCUT2D eigenvalue weighted by molar-refractivity contribution is 0.185. The Hall–Kier alpha value is -3.38. The lowest BCUT2D eigenvalue weighted by Gasteiger charge is -2.30. The van der Waals surface area contributed by atoms with Gasteiger partial charge in [-0.1, -0.05) is 19.6 Å². The Morgan fingerprint density at radius 3 is 2.50 bits per heavy atom. The molecule has 4 aromatic rings. The Morgan fingerprint density at radius 2 is 1.82 bits per heavy atom. The summed E-state index contributed by atoms with van der Waals surface area (Å²) in [6.45, 7) is 13.5. The maximum Gasteiger partial charge on any atom is 0.141 e. The lowest BCUT2D eigenvalue weighted by atomic mass is 9.98. The number of nitrogens with zero attached hydrogens (tertiary/aromatic N) is 4. The van der Waals surface area contributed by atoms with Gasteiger partial charge in [-0.15, -0.1) is 0 Å². The second-order valence-electron chi connectivity index (χ2n) is 9.33. The van der Waals surface area contributed by atoms with Crippen LogP contribution in [0.15, 0.2) is 61.7 Å². The average Bonchev–Trinajstić information content (AvgIpc) is 3.25. The number of aromatic nitrogens is 4. The molecule has 3 aromatic heterocycles. The number of fused-ring (bicyclic) bond motifs is 1. The third kappa shape index (κ3) is 5.94. The van der Waals surface area contributed by atoms with E-state index in [9.17, 15) is 4.39 Å². The summed E-state index contributed by atoms with van der Waals surface area (Å²) in [5.41, 5.74) is 7.41. The van der Waals surface area contributed by atoms with Crippen LogP contribution in [0.1, 0.15) is 43.5 Å². The Kier molecular flexibility index (Phi) is 7.48. The number of aromatic amines is 1. The Labute approximate surface area is 200 Å². The summed E-state index contributed by atoms with van der Waals surface area (Å²) in [5, 5.41) is 8.58. The van der Waals surface area contributed by atoms with E-state index in [2.05, 4.69) is 62.8 Å². The van der Waals surface area contributed by atoms with Crippen molar-refractivity contribution in [2.24, 2.45) is 5.92 Å². The topological polar surface area (TPSA) is 57.7 Å². The molecule has 1 saturated heterocycles. The second-order valence-corrected chi connectivity index (χ2v) is 9.33. The third-order valence-corrected chi connectivity index (χ3v) is 6.22. The standard InChI is InChI=1S/C22H26N4.C6H6FN/c1-15(2)22-20-11-18(4-5-21(20)24-25-22)19-10-17(12-23-13-19)14-26-8-6-16(3)7-9-26;1-5-2-6(7)4-8-3-5/h4-5,10-13,16H,1,6-9,14H2,2-3H3,(H,24,25);2-4H,1H3. The van der Waals surface area contributed by atoms with E-state index >= 15 is 0 Å². The second kappa shape index (κ2) is 10.7. The minimum atomic E-state index is -0.273. The van der Waals surface area contributed by atoms with Gasteiger partial charge in [-0.2, -0.15) is 5.10 Å². The van der Waals surface area contributed by atoms with Gasteiger partial charge in [0.25, 0.3) is 0 Å². The zero-order chi connectivity index (χ0) is 24.1. The van der Waals surface area contributed by atoms with Crippen LogP contribution in [0.2, 0.25) is 0 Å². The number of hydrogen-bond donors (Lipinski definition) is 1. The highest BCUT2D eigenvalue weighted by Crippen LogP contribution is 2.28. The zero-order valence-electron chi connectivity index (χ0n) is 20.2. The highest BCUT2D eigenvalue weighted by Gasteiger charge is 2.16. The number of hydrogen-bond acceptors (Lipinski definition) is 4. The van der Waals surface area contributed by atoms with E-state index in [0.29, 0.717) is 0 Å². The molecule has 1 aliphatic heterocycles. The predicted molar refractivity (Wildman–Crippen MR) is 137 cm³/mol. The van der Waals surface area contributed by atoms with Crippen molar-refractivity contribution in [1.29, 1.82) is 0 Å². The molecule has 0 saturated carbocycles. The van der Waals surface area contributed by atoms with Gasteiger partial charge < -0.3 is 0 Å². The first-order valence-electron chi connectivity index (χ1n) is 11.8. The maximum atomic E-state index is 12.1. The first kappa shape index (κ1) is 23.8. The maximum absolute atomic E-state index is 12.1. The molecule has 34 heavy (non-hydrogen) atoms. The van der Waals surface area contributed by atoms with Crippen LogP contribution in [0.25, 0.3) is 27.6 Å². The van der Waals surface area contributed by atoms with Crippen molar-refractivity contribution >= 4 is 16.5 Å². The van der Waals surface area contributed by atoms with Crippen molar-refractivity contribution in [1.82, 2.24) is 25.1 Å². The summed E-state index contributed by atoms with van der Waals surface area (Å²) in [5.74, 6) is 0.588. The van der Waals surface area contributed by atoms with Crippen molar-refractivity contribution in [3.63, 3.8) is 0 Å². The van der Waals surface area contributed by atoms with Gasteiger partial charge in [-0.25, -0.2) is 4.39 Å². The molecule has 0 aliphatic carbocycles.